The van der Waals surface area contributed by atoms with E-state index in [0.717, 1.165) is 12.8 Å². The van der Waals surface area contributed by atoms with Crippen molar-refractivity contribution in [2.24, 2.45) is 0 Å². The normalized spacial score (nSPS) is 33.8. The molecule has 1 N–H and O–H groups in total. The van der Waals surface area contributed by atoms with E-state index in [1.807, 2.05) is 13.8 Å². The fourth-order valence-electron chi connectivity index (χ4n) is 2.59. The van der Waals surface area contributed by atoms with Crippen molar-refractivity contribution >= 4 is 5.97 Å². The Balaban J connectivity index is 2.16. The highest BCUT2D eigenvalue weighted by Crippen LogP contribution is 2.40. The molecule has 0 bridgehead atoms. The number of hydrogen-bond acceptors (Lipinski definition) is 5. The molecule has 5 heteroatoms. The van der Waals surface area contributed by atoms with Gasteiger partial charge in [-0.2, -0.15) is 0 Å². The van der Waals surface area contributed by atoms with Gasteiger partial charge in [-0.1, -0.05) is 13.8 Å². The van der Waals surface area contributed by atoms with Crippen LogP contribution in [0.1, 0.15) is 33.1 Å². The maximum absolute atomic E-state index is 11.5. The van der Waals surface area contributed by atoms with Gasteiger partial charge in [-0.05, 0) is 18.9 Å². The lowest BCUT2D eigenvalue weighted by atomic mass is 9.92. The zero-order chi connectivity index (χ0) is 13.3. The molecule has 0 amide bonds. The standard InChI is InChI=1S/C13H20O5/c1-4-13(5-2)17-10-7-8(12(15)16-3)6-9(14)11(10)18-13/h6,9-11,14H,4-5,7H2,1-3H3/t9?,10-,11+/m1/s1. The molecule has 3 atom stereocenters. The van der Waals surface area contributed by atoms with Crippen LogP contribution in [-0.2, 0) is 19.0 Å². The maximum atomic E-state index is 11.5. The van der Waals surface area contributed by atoms with Crippen LogP contribution in [0.4, 0.5) is 0 Å². The van der Waals surface area contributed by atoms with Gasteiger partial charge < -0.3 is 19.3 Å². The largest absolute Gasteiger partial charge is 0.466 e. The number of methoxy groups -OCH3 is 1. The Labute approximate surface area is 107 Å². The molecule has 1 saturated heterocycles. The molecule has 2 rings (SSSR count). The Morgan fingerprint density at radius 2 is 2.17 bits per heavy atom. The highest BCUT2D eigenvalue weighted by atomic mass is 16.8. The highest BCUT2D eigenvalue weighted by Gasteiger charge is 2.50. The summed E-state index contributed by atoms with van der Waals surface area (Å²) in [5, 5.41) is 10.0. The maximum Gasteiger partial charge on any atom is 0.333 e. The van der Waals surface area contributed by atoms with Crippen LogP contribution < -0.4 is 0 Å². The van der Waals surface area contributed by atoms with E-state index >= 15 is 0 Å². The summed E-state index contributed by atoms with van der Waals surface area (Å²) in [6.45, 7) is 3.98. The van der Waals surface area contributed by atoms with Crippen molar-refractivity contribution in [3.63, 3.8) is 0 Å². The molecule has 0 radical (unpaired) electrons. The van der Waals surface area contributed by atoms with Gasteiger partial charge in [0.15, 0.2) is 5.79 Å². The number of carbonyl (C=O) groups is 1. The summed E-state index contributed by atoms with van der Waals surface area (Å²) in [6, 6.07) is 0. The molecule has 1 aliphatic carbocycles. The molecular formula is C13H20O5. The number of aliphatic hydroxyl groups excluding tert-OH is 1. The minimum absolute atomic E-state index is 0.279. The zero-order valence-corrected chi connectivity index (χ0v) is 11.0. The van der Waals surface area contributed by atoms with E-state index in [2.05, 4.69) is 4.74 Å². The van der Waals surface area contributed by atoms with E-state index in [9.17, 15) is 9.90 Å². The Kier molecular flexibility index (Phi) is 3.75. The van der Waals surface area contributed by atoms with Gasteiger partial charge in [0.1, 0.15) is 12.2 Å². The van der Waals surface area contributed by atoms with Crippen LogP contribution in [0.3, 0.4) is 0 Å². The highest BCUT2D eigenvalue weighted by molar-refractivity contribution is 5.88. The first-order valence-corrected chi connectivity index (χ1v) is 6.38. The quantitative estimate of drug-likeness (QED) is 0.767. The summed E-state index contributed by atoms with van der Waals surface area (Å²) in [5.74, 6) is -1.04. The fourth-order valence-corrected chi connectivity index (χ4v) is 2.59. The fraction of sp³-hybridized carbons (Fsp3) is 0.769. The summed E-state index contributed by atoms with van der Waals surface area (Å²) in [5.41, 5.74) is 0.456. The molecule has 0 aromatic rings. The van der Waals surface area contributed by atoms with Crippen LogP contribution in [0, 0.1) is 0 Å². The molecular weight excluding hydrogens is 236 g/mol. The van der Waals surface area contributed by atoms with Gasteiger partial charge in [0, 0.05) is 12.0 Å². The monoisotopic (exact) mass is 256 g/mol. The predicted molar refractivity (Wildman–Crippen MR) is 63.8 cm³/mol. The molecule has 5 nitrogen and oxygen atoms in total. The summed E-state index contributed by atoms with van der Waals surface area (Å²) in [7, 11) is 1.33. The molecule has 1 heterocycles. The van der Waals surface area contributed by atoms with Crippen molar-refractivity contribution < 1.29 is 24.1 Å². The van der Waals surface area contributed by atoms with E-state index in [1.165, 1.54) is 13.2 Å². The first kappa shape index (κ1) is 13.5. The molecule has 0 aromatic carbocycles. The van der Waals surface area contributed by atoms with Crippen molar-refractivity contribution in [3.05, 3.63) is 11.6 Å². The number of hydrogen-bond donors (Lipinski definition) is 1. The van der Waals surface area contributed by atoms with E-state index in [-0.39, 0.29) is 6.10 Å². The van der Waals surface area contributed by atoms with Crippen molar-refractivity contribution in [2.45, 2.75) is 57.2 Å². The smallest absolute Gasteiger partial charge is 0.333 e. The number of esters is 1. The molecule has 2 aliphatic rings. The lowest BCUT2D eigenvalue weighted by molar-refractivity contribution is -0.183. The summed E-state index contributed by atoms with van der Waals surface area (Å²) < 4.78 is 16.4. The molecule has 1 fully saturated rings. The third-order valence-corrected chi connectivity index (χ3v) is 3.74. The lowest BCUT2D eigenvalue weighted by Gasteiger charge is -2.26. The summed E-state index contributed by atoms with van der Waals surface area (Å²) in [4.78, 5) is 11.5. The first-order valence-electron chi connectivity index (χ1n) is 6.38. The van der Waals surface area contributed by atoms with Crippen LogP contribution in [0.2, 0.25) is 0 Å². The number of rotatable bonds is 3. The number of aliphatic hydroxyl groups is 1. The van der Waals surface area contributed by atoms with Crippen LogP contribution in [0.15, 0.2) is 11.6 Å². The second kappa shape index (κ2) is 4.99. The molecule has 1 unspecified atom stereocenters. The van der Waals surface area contributed by atoms with Gasteiger partial charge in [-0.25, -0.2) is 4.79 Å². The predicted octanol–water partition coefficient (Wildman–Crippen LogP) is 1.15. The topological polar surface area (TPSA) is 65.0 Å². The first-order chi connectivity index (χ1) is 8.55. The average Bonchev–Trinajstić information content (AvgIpc) is 2.78. The second-order valence-electron chi connectivity index (χ2n) is 4.73. The van der Waals surface area contributed by atoms with Gasteiger partial charge in [0.25, 0.3) is 0 Å². The number of fused-ring (bicyclic) bond motifs is 1. The Bertz CT molecular complexity index is 358. The second-order valence-corrected chi connectivity index (χ2v) is 4.73. The Morgan fingerprint density at radius 1 is 1.50 bits per heavy atom. The van der Waals surface area contributed by atoms with E-state index in [4.69, 9.17) is 9.47 Å². The van der Waals surface area contributed by atoms with Gasteiger partial charge in [0.2, 0.25) is 0 Å². The molecule has 0 spiro atoms. The van der Waals surface area contributed by atoms with Crippen LogP contribution >= 0.6 is 0 Å². The number of ether oxygens (including phenoxy) is 3. The molecule has 1 aliphatic heterocycles. The van der Waals surface area contributed by atoms with E-state index < -0.39 is 24.0 Å². The van der Waals surface area contributed by atoms with Gasteiger partial charge in [0.05, 0.1) is 13.2 Å². The zero-order valence-electron chi connectivity index (χ0n) is 11.0. The average molecular weight is 256 g/mol. The molecule has 102 valence electrons. The van der Waals surface area contributed by atoms with E-state index in [0.29, 0.717) is 12.0 Å². The van der Waals surface area contributed by atoms with Crippen molar-refractivity contribution in [1.82, 2.24) is 0 Å². The number of carbonyl (C=O) groups excluding carboxylic acids is 1. The summed E-state index contributed by atoms with van der Waals surface area (Å²) in [6.07, 6.45) is 1.89. The molecule has 0 aromatic heterocycles. The van der Waals surface area contributed by atoms with Gasteiger partial charge in [-0.3, -0.25) is 0 Å². The van der Waals surface area contributed by atoms with Gasteiger partial charge >= 0.3 is 5.97 Å². The van der Waals surface area contributed by atoms with Crippen molar-refractivity contribution in [3.8, 4) is 0 Å². The lowest BCUT2D eigenvalue weighted by Crippen LogP contribution is -2.39. The summed E-state index contributed by atoms with van der Waals surface area (Å²) >= 11 is 0. The molecule has 18 heavy (non-hydrogen) atoms. The molecule has 0 saturated carbocycles. The Hall–Kier alpha value is -0.910. The third kappa shape index (κ3) is 2.18. The minimum atomic E-state index is -0.821. The van der Waals surface area contributed by atoms with E-state index in [1.54, 1.807) is 0 Å². The Morgan fingerprint density at radius 3 is 2.72 bits per heavy atom. The van der Waals surface area contributed by atoms with Crippen molar-refractivity contribution in [2.75, 3.05) is 7.11 Å². The van der Waals surface area contributed by atoms with Crippen LogP contribution in [-0.4, -0.2) is 42.3 Å². The SMILES string of the molecule is CCC1(CC)O[C@@H]2CC(C(=O)OC)=CC(O)[C@@H]2O1. The minimum Gasteiger partial charge on any atom is -0.466 e. The van der Waals surface area contributed by atoms with Crippen molar-refractivity contribution in [1.29, 1.82) is 0 Å². The third-order valence-electron chi connectivity index (χ3n) is 3.74. The van der Waals surface area contributed by atoms with Crippen LogP contribution in [0.25, 0.3) is 0 Å². The van der Waals surface area contributed by atoms with Crippen LogP contribution in [0.5, 0.6) is 0 Å². The van der Waals surface area contributed by atoms with Gasteiger partial charge in [-0.15, -0.1) is 0 Å².